The number of carboxylic acids is 1. The Labute approximate surface area is 181 Å². The van der Waals surface area contributed by atoms with Crippen molar-refractivity contribution in [1.82, 2.24) is 4.98 Å². The predicted octanol–water partition coefficient (Wildman–Crippen LogP) is 4.76. The van der Waals surface area contributed by atoms with Gasteiger partial charge in [-0.15, -0.1) is 0 Å². The summed E-state index contributed by atoms with van der Waals surface area (Å²) in [6, 6.07) is 15.6. The van der Waals surface area contributed by atoms with Crippen molar-refractivity contribution in [3.05, 3.63) is 71.1 Å². The first-order chi connectivity index (χ1) is 14.9. The van der Waals surface area contributed by atoms with Crippen molar-refractivity contribution >= 4 is 5.97 Å². The molecule has 1 N–H and O–H groups in total. The number of ether oxygens (including phenoxy) is 2. The van der Waals surface area contributed by atoms with Crippen LogP contribution in [0.5, 0.6) is 5.75 Å². The van der Waals surface area contributed by atoms with E-state index >= 15 is 0 Å². The first kappa shape index (κ1) is 21.1. The minimum Gasteiger partial charge on any atom is -0.493 e. The zero-order chi connectivity index (χ0) is 21.8. The van der Waals surface area contributed by atoms with Gasteiger partial charge in [0.1, 0.15) is 11.5 Å². The fourth-order valence-electron chi connectivity index (χ4n) is 3.86. The highest BCUT2D eigenvalue weighted by Crippen LogP contribution is 2.30. The van der Waals surface area contributed by atoms with Gasteiger partial charge >= 0.3 is 5.97 Å². The molecule has 1 aliphatic rings. The van der Waals surface area contributed by atoms with Gasteiger partial charge in [-0.3, -0.25) is 0 Å². The lowest BCUT2D eigenvalue weighted by molar-refractivity contribution is -0.159. The average Bonchev–Trinajstić information content (AvgIpc) is 3.38. The first-order valence-electron chi connectivity index (χ1n) is 10.6. The van der Waals surface area contributed by atoms with Crippen molar-refractivity contribution in [3.63, 3.8) is 0 Å². The lowest BCUT2D eigenvalue weighted by atomic mass is 9.92. The van der Waals surface area contributed by atoms with Gasteiger partial charge < -0.3 is 19.0 Å². The average molecular weight is 421 g/mol. The van der Waals surface area contributed by atoms with Gasteiger partial charge in [-0.1, -0.05) is 29.8 Å². The summed E-state index contributed by atoms with van der Waals surface area (Å²) in [6.45, 7) is 4.94. The molecule has 3 aromatic rings. The highest BCUT2D eigenvalue weighted by molar-refractivity contribution is 5.78. The summed E-state index contributed by atoms with van der Waals surface area (Å²) < 4.78 is 17.2. The molecule has 1 saturated heterocycles. The van der Waals surface area contributed by atoms with E-state index in [1.165, 1.54) is 5.56 Å². The second kappa shape index (κ2) is 8.94. The van der Waals surface area contributed by atoms with Crippen molar-refractivity contribution in [2.75, 3.05) is 13.2 Å². The summed E-state index contributed by atoms with van der Waals surface area (Å²) in [5.41, 5.74) is 2.87. The van der Waals surface area contributed by atoms with Crippen molar-refractivity contribution in [2.24, 2.45) is 0 Å². The maximum absolute atomic E-state index is 11.6. The normalized spacial score (nSPS) is 18.3. The largest absolute Gasteiger partial charge is 0.493 e. The summed E-state index contributed by atoms with van der Waals surface area (Å²) in [7, 11) is 0. The Hall–Kier alpha value is -3.12. The van der Waals surface area contributed by atoms with Gasteiger partial charge in [0, 0.05) is 25.0 Å². The third kappa shape index (κ3) is 4.80. The van der Waals surface area contributed by atoms with Crippen LogP contribution in [0.1, 0.15) is 35.4 Å². The van der Waals surface area contributed by atoms with Crippen molar-refractivity contribution < 1.29 is 23.8 Å². The van der Waals surface area contributed by atoms with Crippen LogP contribution >= 0.6 is 0 Å². The molecule has 4 rings (SSSR count). The molecule has 1 aliphatic heterocycles. The van der Waals surface area contributed by atoms with E-state index in [1.54, 1.807) is 0 Å². The third-order valence-electron chi connectivity index (χ3n) is 5.70. The number of benzene rings is 2. The summed E-state index contributed by atoms with van der Waals surface area (Å²) in [6.07, 6.45) is 2.32. The standard InChI is InChI=1S/C25H27NO5/c1-17-4-8-20(9-5-17)23-26-22(18(2)31-23)12-15-29-21-10-6-19(7-11-21)16-25(24(27)28)13-3-14-30-25/h4-11H,3,12-16H2,1-2H3,(H,27,28). The molecule has 0 aliphatic carbocycles. The lowest BCUT2D eigenvalue weighted by Gasteiger charge is -2.23. The summed E-state index contributed by atoms with van der Waals surface area (Å²) >= 11 is 0. The van der Waals surface area contributed by atoms with Crippen LogP contribution in [-0.4, -0.2) is 34.9 Å². The van der Waals surface area contributed by atoms with E-state index in [2.05, 4.69) is 4.98 Å². The number of oxazole rings is 1. The van der Waals surface area contributed by atoms with E-state index in [9.17, 15) is 9.90 Å². The Morgan fingerprint density at radius 3 is 2.52 bits per heavy atom. The van der Waals surface area contributed by atoms with Gasteiger partial charge in [0.15, 0.2) is 5.60 Å². The molecule has 1 unspecified atom stereocenters. The van der Waals surface area contributed by atoms with E-state index < -0.39 is 11.6 Å². The fourth-order valence-corrected chi connectivity index (χ4v) is 3.86. The molecule has 0 amide bonds. The molecule has 0 bridgehead atoms. The Bertz CT molecular complexity index is 1030. The van der Waals surface area contributed by atoms with Crippen LogP contribution in [-0.2, 0) is 22.4 Å². The Kier molecular flexibility index (Phi) is 6.09. The van der Waals surface area contributed by atoms with Crippen molar-refractivity contribution in [2.45, 2.75) is 45.1 Å². The molecule has 1 atom stereocenters. The Balaban J connectivity index is 1.33. The predicted molar refractivity (Wildman–Crippen MR) is 116 cm³/mol. The third-order valence-corrected chi connectivity index (χ3v) is 5.70. The van der Waals surface area contributed by atoms with E-state index in [0.29, 0.717) is 38.4 Å². The van der Waals surface area contributed by atoms with Crippen molar-refractivity contribution in [3.8, 4) is 17.2 Å². The molecular formula is C25H27NO5. The Morgan fingerprint density at radius 1 is 1.13 bits per heavy atom. The monoisotopic (exact) mass is 421 g/mol. The number of aliphatic carboxylic acids is 1. The van der Waals surface area contributed by atoms with Crippen LogP contribution in [0.4, 0.5) is 0 Å². The van der Waals surface area contributed by atoms with Crippen molar-refractivity contribution in [1.29, 1.82) is 0 Å². The molecule has 1 aromatic heterocycles. The smallest absolute Gasteiger partial charge is 0.336 e. The number of hydrogen-bond acceptors (Lipinski definition) is 5. The number of aryl methyl sites for hydroxylation is 2. The second-order valence-corrected chi connectivity index (χ2v) is 8.06. The van der Waals surface area contributed by atoms with Gasteiger partial charge in [0.05, 0.1) is 12.3 Å². The molecule has 31 heavy (non-hydrogen) atoms. The van der Waals surface area contributed by atoms with Crippen LogP contribution in [0, 0.1) is 13.8 Å². The molecule has 2 aromatic carbocycles. The molecular weight excluding hydrogens is 394 g/mol. The lowest BCUT2D eigenvalue weighted by Crippen LogP contribution is -2.40. The van der Waals surface area contributed by atoms with Gasteiger partial charge in [-0.05, 0) is 56.5 Å². The first-order valence-corrected chi connectivity index (χ1v) is 10.6. The van der Waals surface area contributed by atoms with E-state index in [-0.39, 0.29) is 0 Å². The zero-order valence-corrected chi connectivity index (χ0v) is 17.9. The van der Waals surface area contributed by atoms with E-state index in [1.807, 2.05) is 62.4 Å². The topological polar surface area (TPSA) is 81.8 Å². The summed E-state index contributed by atoms with van der Waals surface area (Å²) in [5.74, 6) is 1.27. The van der Waals surface area contributed by atoms with Gasteiger partial charge in [0.2, 0.25) is 5.89 Å². The molecule has 1 fully saturated rings. The van der Waals surface area contributed by atoms with Crippen LogP contribution in [0.15, 0.2) is 52.9 Å². The van der Waals surface area contributed by atoms with E-state index in [4.69, 9.17) is 13.9 Å². The number of hydrogen-bond donors (Lipinski definition) is 1. The number of aromatic nitrogens is 1. The number of rotatable bonds is 8. The molecule has 0 saturated carbocycles. The molecule has 0 spiro atoms. The molecule has 6 nitrogen and oxygen atoms in total. The van der Waals surface area contributed by atoms with Gasteiger partial charge in [-0.25, -0.2) is 9.78 Å². The zero-order valence-electron chi connectivity index (χ0n) is 17.9. The molecule has 2 heterocycles. The maximum Gasteiger partial charge on any atom is 0.336 e. The quantitative estimate of drug-likeness (QED) is 0.565. The van der Waals surface area contributed by atoms with Crippen LogP contribution in [0.25, 0.3) is 11.5 Å². The Morgan fingerprint density at radius 2 is 1.87 bits per heavy atom. The van der Waals surface area contributed by atoms with Gasteiger partial charge in [-0.2, -0.15) is 0 Å². The maximum atomic E-state index is 11.6. The molecule has 6 heteroatoms. The van der Waals surface area contributed by atoms with Crippen LogP contribution in [0.2, 0.25) is 0 Å². The highest BCUT2D eigenvalue weighted by Gasteiger charge is 2.42. The SMILES string of the molecule is Cc1ccc(-c2nc(CCOc3ccc(CC4(C(=O)O)CCCO4)cc3)c(C)o2)cc1. The molecule has 162 valence electrons. The highest BCUT2D eigenvalue weighted by atomic mass is 16.5. The molecule has 0 radical (unpaired) electrons. The van der Waals surface area contributed by atoms with Gasteiger partial charge in [0.25, 0.3) is 0 Å². The second-order valence-electron chi connectivity index (χ2n) is 8.06. The number of nitrogens with zero attached hydrogens (tertiary/aromatic N) is 1. The van der Waals surface area contributed by atoms with E-state index in [0.717, 1.165) is 34.8 Å². The number of carboxylic acid groups (broad SMARTS) is 1. The summed E-state index contributed by atoms with van der Waals surface area (Å²) in [5, 5.41) is 9.55. The minimum atomic E-state index is -1.10. The summed E-state index contributed by atoms with van der Waals surface area (Å²) in [4.78, 5) is 16.3. The number of carbonyl (C=O) groups is 1. The van der Waals surface area contributed by atoms with Crippen LogP contribution in [0.3, 0.4) is 0 Å². The minimum absolute atomic E-state index is 0.364. The fraction of sp³-hybridized carbons (Fsp3) is 0.360. The van der Waals surface area contributed by atoms with Crippen LogP contribution < -0.4 is 4.74 Å².